The highest BCUT2D eigenvalue weighted by Crippen LogP contribution is 2.30. The first-order valence-corrected chi connectivity index (χ1v) is 7.71. The van der Waals surface area contributed by atoms with Crippen molar-refractivity contribution in [1.29, 1.82) is 0 Å². The smallest absolute Gasteiger partial charge is 0.310 e. The lowest BCUT2D eigenvalue weighted by molar-refractivity contribution is -0.151. The first-order chi connectivity index (χ1) is 10.0. The van der Waals surface area contributed by atoms with Crippen LogP contribution in [0.25, 0.3) is 0 Å². The third-order valence-electron chi connectivity index (χ3n) is 4.09. The van der Waals surface area contributed by atoms with Crippen molar-refractivity contribution in [2.45, 2.75) is 39.7 Å². The van der Waals surface area contributed by atoms with Crippen LogP contribution in [0.5, 0.6) is 5.75 Å². The summed E-state index contributed by atoms with van der Waals surface area (Å²) in [7, 11) is 0. The van der Waals surface area contributed by atoms with Gasteiger partial charge in [0.2, 0.25) is 0 Å². The van der Waals surface area contributed by atoms with E-state index in [1.54, 1.807) is 0 Å². The van der Waals surface area contributed by atoms with Crippen molar-refractivity contribution < 1.29 is 14.6 Å². The molecule has 1 saturated heterocycles. The molecular weight excluding hydrogens is 266 g/mol. The maximum atomic E-state index is 11.4. The summed E-state index contributed by atoms with van der Waals surface area (Å²) < 4.78 is 5.57. The van der Waals surface area contributed by atoms with Gasteiger partial charge < -0.3 is 9.84 Å². The van der Waals surface area contributed by atoms with Crippen molar-refractivity contribution in [3.63, 3.8) is 0 Å². The Labute approximate surface area is 126 Å². The van der Waals surface area contributed by atoms with Crippen molar-refractivity contribution in [3.05, 3.63) is 29.8 Å². The summed E-state index contributed by atoms with van der Waals surface area (Å²) in [6.07, 6.45) is 2.71. The molecular formula is C17H25NO3. The second-order valence-corrected chi connectivity index (χ2v) is 6.17. The standard InChI is InChI=1S/C17H25NO3/c1-3-11-21-15-7-5-14(6-8-15)12-18-10-4-9-17(2,13-18)16(19)20/h5-8H,3-4,9-13H2,1-2H3,(H,19,20). The molecule has 0 aromatic heterocycles. The average molecular weight is 291 g/mol. The molecule has 0 radical (unpaired) electrons. The zero-order chi connectivity index (χ0) is 15.3. The Balaban J connectivity index is 1.93. The third-order valence-corrected chi connectivity index (χ3v) is 4.09. The number of ether oxygens (including phenoxy) is 1. The Kier molecular flexibility index (Phi) is 5.23. The van der Waals surface area contributed by atoms with Crippen molar-refractivity contribution >= 4 is 5.97 Å². The number of aliphatic carboxylic acids is 1. The normalized spacial score (nSPS) is 23.0. The molecule has 1 aromatic rings. The molecule has 1 aliphatic rings. The molecule has 21 heavy (non-hydrogen) atoms. The molecule has 0 spiro atoms. The zero-order valence-electron chi connectivity index (χ0n) is 13.0. The molecule has 2 rings (SSSR count). The Hall–Kier alpha value is -1.55. The van der Waals surface area contributed by atoms with Crippen LogP contribution in [0.1, 0.15) is 38.7 Å². The predicted molar refractivity (Wildman–Crippen MR) is 82.5 cm³/mol. The van der Waals surface area contributed by atoms with Gasteiger partial charge in [0, 0.05) is 13.1 Å². The van der Waals surface area contributed by atoms with Crippen molar-refractivity contribution in [3.8, 4) is 5.75 Å². The fourth-order valence-electron chi connectivity index (χ4n) is 2.82. The van der Waals surface area contributed by atoms with Gasteiger partial charge in [-0.15, -0.1) is 0 Å². The van der Waals surface area contributed by atoms with E-state index < -0.39 is 11.4 Å². The van der Waals surface area contributed by atoms with E-state index in [4.69, 9.17) is 4.74 Å². The highest BCUT2D eigenvalue weighted by Gasteiger charge is 2.37. The van der Waals surface area contributed by atoms with Gasteiger partial charge in [-0.2, -0.15) is 0 Å². The number of hydrogen-bond donors (Lipinski definition) is 1. The number of piperidine rings is 1. The molecule has 1 aliphatic heterocycles. The minimum atomic E-state index is -0.685. The number of nitrogens with zero attached hydrogens (tertiary/aromatic N) is 1. The second-order valence-electron chi connectivity index (χ2n) is 6.17. The summed E-state index contributed by atoms with van der Waals surface area (Å²) in [5, 5.41) is 9.36. The maximum absolute atomic E-state index is 11.4. The Morgan fingerprint density at radius 3 is 2.71 bits per heavy atom. The summed E-state index contributed by atoms with van der Waals surface area (Å²) in [5.41, 5.74) is 0.594. The number of carbonyl (C=O) groups is 1. The maximum Gasteiger partial charge on any atom is 0.310 e. The molecule has 4 heteroatoms. The number of carboxylic acid groups (broad SMARTS) is 1. The molecule has 0 bridgehead atoms. The van der Waals surface area contributed by atoms with E-state index in [9.17, 15) is 9.90 Å². The molecule has 1 fully saturated rings. The number of hydrogen-bond acceptors (Lipinski definition) is 3. The lowest BCUT2D eigenvalue weighted by atomic mass is 9.82. The van der Waals surface area contributed by atoms with E-state index >= 15 is 0 Å². The van der Waals surface area contributed by atoms with E-state index in [0.717, 1.165) is 44.7 Å². The summed E-state index contributed by atoms with van der Waals surface area (Å²) in [6.45, 7) is 7.07. The largest absolute Gasteiger partial charge is 0.494 e. The number of rotatable bonds is 6. The van der Waals surface area contributed by atoms with Crippen LogP contribution in [-0.2, 0) is 11.3 Å². The van der Waals surface area contributed by atoms with Crippen LogP contribution in [0, 0.1) is 5.41 Å². The van der Waals surface area contributed by atoms with Gasteiger partial charge in [-0.25, -0.2) is 0 Å². The molecule has 0 saturated carbocycles. The van der Waals surface area contributed by atoms with E-state index in [1.807, 2.05) is 19.1 Å². The van der Waals surface area contributed by atoms with Crippen LogP contribution in [0.3, 0.4) is 0 Å². The number of likely N-dealkylation sites (tertiary alicyclic amines) is 1. The lowest BCUT2D eigenvalue weighted by Crippen LogP contribution is -2.45. The number of carboxylic acids is 1. The number of benzene rings is 1. The Bertz CT molecular complexity index is 471. The van der Waals surface area contributed by atoms with Gasteiger partial charge in [0.15, 0.2) is 0 Å². The van der Waals surface area contributed by atoms with Crippen LogP contribution in [-0.4, -0.2) is 35.7 Å². The minimum absolute atomic E-state index is 0.609. The molecule has 0 aliphatic carbocycles. The van der Waals surface area contributed by atoms with Gasteiger partial charge in [0.05, 0.1) is 12.0 Å². The highest BCUT2D eigenvalue weighted by molar-refractivity contribution is 5.74. The van der Waals surface area contributed by atoms with Crippen molar-refractivity contribution in [2.24, 2.45) is 5.41 Å². The van der Waals surface area contributed by atoms with Gasteiger partial charge in [-0.3, -0.25) is 9.69 Å². The van der Waals surface area contributed by atoms with Crippen LogP contribution in [0.4, 0.5) is 0 Å². The Morgan fingerprint density at radius 2 is 2.10 bits per heavy atom. The van der Waals surface area contributed by atoms with E-state index in [1.165, 1.54) is 5.56 Å². The van der Waals surface area contributed by atoms with Gasteiger partial charge >= 0.3 is 5.97 Å². The first kappa shape index (κ1) is 15.8. The highest BCUT2D eigenvalue weighted by atomic mass is 16.5. The lowest BCUT2D eigenvalue weighted by Gasteiger charge is -2.37. The third kappa shape index (κ3) is 4.21. The molecule has 1 N–H and O–H groups in total. The molecule has 1 unspecified atom stereocenters. The molecule has 1 aromatic carbocycles. The minimum Gasteiger partial charge on any atom is -0.494 e. The van der Waals surface area contributed by atoms with Crippen molar-refractivity contribution in [1.82, 2.24) is 4.90 Å². The van der Waals surface area contributed by atoms with Gasteiger partial charge in [-0.05, 0) is 50.4 Å². The molecule has 4 nitrogen and oxygen atoms in total. The predicted octanol–water partition coefficient (Wildman–Crippen LogP) is 3.16. The molecule has 1 heterocycles. The van der Waals surface area contributed by atoms with E-state index in [2.05, 4.69) is 24.0 Å². The summed E-state index contributed by atoms with van der Waals surface area (Å²) in [6, 6.07) is 8.12. The van der Waals surface area contributed by atoms with E-state index in [-0.39, 0.29) is 0 Å². The van der Waals surface area contributed by atoms with Crippen LogP contribution in [0.2, 0.25) is 0 Å². The van der Waals surface area contributed by atoms with Crippen LogP contribution < -0.4 is 4.74 Å². The summed E-state index contributed by atoms with van der Waals surface area (Å²) >= 11 is 0. The fraction of sp³-hybridized carbons (Fsp3) is 0.588. The first-order valence-electron chi connectivity index (χ1n) is 7.71. The zero-order valence-corrected chi connectivity index (χ0v) is 13.0. The fourth-order valence-corrected chi connectivity index (χ4v) is 2.82. The molecule has 1 atom stereocenters. The summed E-state index contributed by atoms with van der Waals surface area (Å²) in [5.74, 6) is 0.213. The second kappa shape index (κ2) is 6.94. The van der Waals surface area contributed by atoms with Gasteiger partial charge in [0.1, 0.15) is 5.75 Å². The summed E-state index contributed by atoms with van der Waals surface area (Å²) in [4.78, 5) is 13.6. The van der Waals surface area contributed by atoms with Crippen LogP contribution in [0.15, 0.2) is 24.3 Å². The topological polar surface area (TPSA) is 49.8 Å². The molecule has 116 valence electrons. The quantitative estimate of drug-likeness (QED) is 0.874. The van der Waals surface area contributed by atoms with Gasteiger partial charge in [-0.1, -0.05) is 19.1 Å². The molecule has 0 amide bonds. The average Bonchev–Trinajstić information content (AvgIpc) is 2.46. The van der Waals surface area contributed by atoms with Crippen molar-refractivity contribution in [2.75, 3.05) is 19.7 Å². The SMILES string of the molecule is CCCOc1ccc(CN2CCCC(C)(C(=O)O)C2)cc1. The van der Waals surface area contributed by atoms with Crippen LogP contribution >= 0.6 is 0 Å². The van der Waals surface area contributed by atoms with Gasteiger partial charge in [0.25, 0.3) is 0 Å². The van der Waals surface area contributed by atoms with E-state index in [0.29, 0.717) is 6.54 Å². The monoisotopic (exact) mass is 291 g/mol. The Morgan fingerprint density at radius 1 is 1.38 bits per heavy atom.